The highest BCUT2D eigenvalue weighted by molar-refractivity contribution is 7.98. The van der Waals surface area contributed by atoms with Crippen molar-refractivity contribution in [1.82, 2.24) is 10.2 Å². The summed E-state index contributed by atoms with van der Waals surface area (Å²) in [7, 11) is 0. The Kier molecular flexibility index (Phi) is 5.98. The van der Waals surface area contributed by atoms with Gasteiger partial charge in [-0.05, 0) is 69.7 Å². The van der Waals surface area contributed by atoms with Crippen molar-refractivity contribution in [3.05, 3.63) is 0 Å². The Balaban J connectivity index is 1.65. The molecule has 2 aliphatic rings. The number of nitrogens with zero attached hydrogens (tertiary/aromatic N) is 1. The van der Waals surface area contributed by atoms with Crippen LogP contribution in [0.2, 0.25) is 0 Å². The highest BCUT2D eigenvalue weighted by Gasteiger charge is 2.32. The van der Waals surface area contributed by atoms with E-state index in [0.29, 0.717) is 6.04 Å². The molecular formula is C14H26N2O2S. The molecule has 2 N–H and O–H groups in total. The third kappa shape index (κ3) is 4.97. The number of nitrogens with one attached hydrogen (secondary N) is 1. The molecule has 5 heteroatoms. The number of likely N-dealkylation sites (tertiary alicyclic amines) is 1. The molecule has 19 heavy (non-hydrogen) atoms. The van der Waals surface area contributed by atoms with E-state index in [1.165, 1.54) is 12.2 Å². The van der Waals surface area contributed by atoms with Crippen LogP contribution in [0.1, 0.15) is 32.1 Å². The lowest BCUT2D eigenvalue weighted by molar-refractivity contribution is -0.133. The number of carbonyl (C=O) groups excluding carboxylic acids is 1. The average molecular weight is 286 g/mol. The Morgan fingerprint density at radius 1 is 1.37 bits per heavy atom. The Labute approximate surface area is 120 Å². The molecule has 0 bridgehead atoms. The molecule has 0 spiro atoms. The lowest BCUT2D eigenvalue weighted by atomic mass is 9.90. The molecular weight excluding hydrogens is 260 g/mol. The third-order valence-corrected chi connectivity index (χ3v) is 4.79. The minimum absolute atomic E-state index is 0.149. The number of carbonyl (C=O) groups is 1. The van der Waals surface area contributed by atoms with Crippen LogP contribution in [-0.2, 0) is 4.79 Å². The van der Waals surface area contributed by atoms with Gasteiger partial charge in [-0.15, -0.1) is 0 Å². The summed E-state index contributed by atoms with van der Waals surface area (Å²) in [5.41, 5.74) is 0. The number of thioether (sulfide) groups is 1. The first kappa shape index (κ1) is 15.1. The van der Waals surface area contributed by atoms with E-state index in [4.69, 9.17) is 0 Å². The third-order valence-electron chi connectivity index (χ3n) is 4.09. The molecule has 1 saturated carbocycles. The molecule has 0 aromatic rings. The zero-order valence-electron chi connectivity index (χ0n) is 11.8. The van der Waals surface area contributed by atoms with Gasteiger partial charge in [-0.1, -0.05) is 0 Å². The lowest BCUT2D eigenvalue weighted by Crippen LogP contribution is -2.45. The van der Waals surface area contributed by atoms with Gasteiger partial charge in [0.2, 0.25) is 5.91 Å². The van der Waals surface area contributed by atoms with Gasteiger partial charge in [0, 0.05) is 6.04 Å². The first-order valence-corrected chi connectivity index (χ1v) is 8.80. The van der Waals surface area contributed by atoms with Crippen molar-refractivity contribution < 1.29 is 9.90 Å². The van der Waals surface area contributed by atoms with E-state index in [0.717, 1.165) is 45.3 Å². The van der Waals surface area contributed by atoms with E-state index in [1.807, 2.05) is 11.8 Å². The summed E-state index contributed by atoms with van der Waals surface area (Å²) >= 11 is 1.89. The zero-order chi connectivity index (χ0) is 13.7. The number of rotatable bonds is 7. The van der Waals surface area contributed by atoms with Gasteiger partial charge in [0.15, 0.2) is 0 Å². The number of piperidine rings is 1. The quantitative estimate of drug-likeness (QED) is 0.688. The first-order chi connectivity index (χ1) is 9.20. The minimum atomic E-state index is -0.797. The van der Waals surface area contributed by atoms with Gasteiger partial charge < -0.3 is 15.3 Å². The Morgan fingerprint density at radius 2 is 2.05 bits per heavy atom. The Bertz CT molecular complexity index is 289. The van der Waals surface area contributed by atoms with Gasteiger partial charge >= 0.3 is 0 Å². The Hall–Kier alpha value is -0.260. The van der Waals surface area contributed by atoms with Crippen LogP contribution in [-0.4, -0.2) is 59.7 Å². The largest absolute Gasteiger partial charge is 0.383 e. The fourth-order valence-electron chi connectivity index (χ4n) is 2.65. The van der Waals surface area contributed by atoms with E-state index >= 15 is 0 Å². The maximum Gasteiger partial charge on any atom is 0.249 e. The van der Waals surface area contributed by atoms with Crippen molar-refractivity contribution >= 4 is 17.7 Å². The van der Waals surface area contributed by atoms with Crippen LogP contribution in [0.25, 0.3) is 0 Å². The molecule has 1 heterocycles. The van der Waals surface area contributed by atoms with E-state index < -0.39 is 6.10 Å². The van der Waals surface area contributed by atoms with Gasteiger partial charge in [0.25, 0.3) is 0 Å². The fourth-order valence-corrected chi connectivity index (χ4v) is 3.07. The zero-order valence-corrected chi connectivity index (χ0v) is 12.6. The van der Waals surface area contributed by atoms with Gasteiger partial charge in [-0.25, -0.2) is 0 Å². The van der Waals surface area contributed by atoms with Crippen molar-refractivity contribution in [3.8, 4) is 0 Å². The standard InChI is InChI=1S/C14H26N2O2S/c1-19-10-2-7-16-8-5-11(6-9-16)13(17)14(18)15-12-3-4-12/h11-13,17H,2-10H2,1H3,(H,15,18)/t13-/m1/s1. The molecule has 1 amide bonds. The highest BCUT2D eigenvalue weighted by Crippen LogP contribution is 2.23. The number of aliphatic hydroxyl groups is 1. The summed E-state index contributed by atoms with van der Waals surface area (Å²) in [4.78, 5) is 14.3. The van der Waals surface area contributed by atoms with Crippen molar-refractivity contribution in [3.63, 3.8) is 0 Å². The Morgan fingerprint density at radius 3 is 2.63 bits per heavy atom. The molecule has 0 unspecified atom stereocenters. The van der Waals surface area contributed by atoms with Crippen LogP contribution < -0.4 is 5.32 Å². The van der Waals surface area contributed by atoms with E-state index in [2.05, 4.69) is 16.5 Å². The van der Waals surface area contributed by atoms with Gasteiger partial charge in [-0.2, -0.15) is 11.8 Å². The molecule has 0 aromatic heterocycles. The predicted molar refractivity (Wildman–Crippen MR) is 79.3 cm³/mol. The normalized spacial score (nSPS) is 23.3. The van der Waals surface area contributed by atoms with Gasteiger partial charge in [0.05, 0.1) is 0 Å². The highest BCUT2D eigenvalue weighted by atomic mass is 32.2. The summed E-state index contributed by atoms with van der Waals surface area (Å²) in [6.45, 7) is 3.19. The summed E-state index contributed by atoms with van der Waals surface area (Å²) in [5, 5.41) is 13.0. The van der Waals surface area contributed by atoms with Gasteiger partial charge in [0.1, 0.15) is 6.10 Å². The summed E-state index contributed by atoms with van der Waals surface area (Å²) in [6, 6.07) is 0.341. The number of hydrogen-bond donors (Lipinski definition) is 2. The fraction of sp³-hybridized carbons (Fsp3) is 0.929. The molecule has 2 fully saturated rings. The second kappa shape index (κ2) is 7.50. The van der Waals surface area contributed by atoms with Crippen molar-refractivity contribution in [2.45, 2.75) is 44.2 Å². The molecule has 0 aromatic carbocycles. The van der Waals surface area contributed by atoms with E-state index in [9.17, 15) is 9.90 Å². The SMILES string of the molecule is CSCCCN1CCC([C@@H](O)C(=O)NC2CC2)CC1. The molecule has 110 valence electrons. The van der Waals surface area contributed by atoms with Gasteiger partial charge in [-0.3, -0.25) is 4.79 Å². The minimum Gasteiger partial charge on any atom is -0.383 e. The first-order valence-electron chi connectivity index (χ1n) is 7.40. The predicted octanol–water partition coefficient (Wildman–Crippen LogP) is 1.09. The van der Waals surface area contributed by atoms with Crippen LogP contribution >= 0.6 is 11.8 Å². The molecule has 1 atom stereocenters. The average Bonchev–Trinajstić information content (AvgIpc) is 3.23. The smallest absolute Gasteiger partial charge is 0.249 e. The molecule has 0 radical (unpaired) electrons. The van der Waals surface area contributed by atoms with Crippen LogP contribution in [0.5, 0.6) is 0 Å². The monoisotopic (exact) mass is 286 g/mol. The number of aliphatic hydroxyl groups excluding tert-OH is 1. The molecule has 1 aliphatic heterocycles. The summed E-state index contributed by atoms with van der Waals surface area (Å²) in [6.07, 6.45) is 6.61. The molecule has 1 aliphatic carbocycles. The van der Waals surface area contributed by atoms with Crippen molar-refractivity contribution in [2.75, 3.05) is 31.6 Å². The topological polar surface area (TPSA) is 52.6 Å². The van der Waals surface area contributed by atoms with Crippen LogP contribution in [0, 0.1) is 5.92 Å². The maximum absolute atomic E-state index is 11.8. The van der Waals surface area contributed by atoms with Crippen LogP contribution in [0.3, 0.4) is 0 Å². The van der Waals surface area contributed by atoms with Crippen molar-refractivity contribution in [1.29, 1.82) is 0 Å². The molecule has 4 nitrogen and oxygen atoms in total. The summed E-state index contributed by atoms with van der Waals surface area (Å²) in [5.74, 6) is 1.21. The van der Waals surface area contributed by atoms with E-state index in [1.54, 1.807) is 0 Å². The molecule has 1 saturated heterocycles. The second-order valence-electron chi connectivity index (χ2n) is 5.75. The van der Waals surface area contributed by atoms with E-state index in [-0.39, 0.29) is 11.8 Å². The second-order valence-corrected chi connectivity index (χ2v) is 6.74. The van der Waals surface area contributed by atoms with Crippen molar-refractivity contribution in [2.24, 2.45) is 5.92 Å². The van der Waals surface area contributed by atoms with Crippen LogP contribution in [0.15, 0.2) is 0 Å². The summed E-state index contributed by atoms with van der Waals surface area (Å²) < 4.78 is 0. The number of amides is 1. The molecule has 2 rings (SSSR count). The maximum atomic E-state index is 11.8. The lowest BCUT2D eigenvalue weighted by Gasteiger charge is -2.33. The number of hydrogen-bond acceptors (Lipinski definition) is 4. The van der Waals surface area contributed by atoms with Crippen LogP contribution in [0.4, 0.5) is 0 Å².